The second-order valence-electron chi connectivity index (χ2n) is 9.20. The van der Waals surface area contributed by atoms with E-state index in [-0.39, 0.29) is 23.4 Å². The number of carbonyl (C=O) groups is 1. The maximum absolute atomic E-state index is 13.4. The molecular weight excluding hydrogens is 436 g/mol. The number of methoxy groups -OCH3 is 1. The molecule has 3 heterocycles. The minimum absolute atomic E-state index is 0.00265. The summed E-state index contributed by atoms with van der Waals surface area (Å²) < 4.78 is 19.5. The van der Waals surface area contributed by atoms with Crippen LogP contribution >= 0.6 is 0 Å². The van der Waals surface area contributed by atoms with Crippen molar-refractivity contribution in [2.24, 2.45) is 0 Å². The van der Waals surface area contributed by atoms with E-state index in [2.05, 4.69) is 35.9 Å². The lowest BCUT2D eigenvalue weighted by Crippen LogP contribution is -2.37. The Bertz CT molecular complexity index is 1250. The molecule has 1 aromatic carbocycles. The first-order chi connectivity index (χ1) is 16.2. The monoisotopic (exact) mass is 468 g/mol. The molecule has 0 amide bonds. The molecule has 4 rings (SSSR count). The molecular formula is C24H32N6O4. The number of benzene rings is 1. The fraction of sp³-hybridized carbons (Fsp3) is 0.500. The molecule has 2 aromatic heterocycles. The summed E-state index contributed by atoms with van der Waals surface area (Å²) in [6.07, 6.45) is 0. The molecule has 34 heavy (non-hydrogen) atoms. The molecule has 0 spiro atoms. The molecule has 0 aliphatic carbocycles. The van der Waals surface area contributed by atoms with E-state index in [1.165, 1.54) is 9.20 Å². The van der Waals surface area contributed by atoms with E-state index >= 15 is 0 Å². The fourth-order valence-corrected chi connectivity index (χ4v) is 4.06. The maximum Gasteiger partial charge on any atom is 0.242 e. The molecule has 1 aliphatic rings. The summed E-state index contributed by atoms with van der Waals surface area (Å²) in [5.74, 6) is 1.04. The first-order valence-corrected chi connectivity index (χ1v) is 11.5. The topological polar surface area (TPSA) is 107 Å². The molecule has 1 saturated heterocycles. The number of aromatic nitrogens is 4. The van der Waals surface area contributed by atoms with Crippen LogP contribution in [0.3, 0.4) is 0 Å². The van der Waals surface area contributed by atoms with Crippen LogP contribution in [0.4, 0.5) is 5.69 Å². The van der Waals surface area contributed by atoms with Gasteiger partial charge in [-0.25, -0.2) is 4.68 Å². The molecule has 0 saturated carbocycles. The Morgan fingerprint density at radius 3 is 2.56 bits per heavy atom. The average molecular weight is 469 g/mol. The predicted octanol–water partition coefficient (Wildman–Crippen LogP) is 2.43. The summed E-state index contributed by atoms with van der Waals surface area (Å²) in [6, 6.07) is 7.20. The lowest BCUT2D eigenvalue weighted by Gasteiger charge is -2.33. The summed E-state index contributed by atoms with van der Waals surface area (Å²) in [5, 5.41) is 17.1. The molecule has 1 N–H and O–H groups in total. The largest absolute Gasteiger partial charge is 0.494 e. The number of nitrogens with one attached hydrogen (secondary N) is 1. The summed E-state index contributed by atoms with van der Waals surface area (Å²) in [6.45, 7) is 11.3. The van der Waals surface area contributed by atoms with Crippen LogP contribution in [-0.2, 0) is 16.7 Å². The number of Topliss-reactive ketones (excluding diaryl/α,β-unsaturated/α-hetero) is 1. The third-order valence-corrected chi connectivity index (χ3v) is 5.80. The molecule has 10 heteroatoms. The lowest BCUT2D eigenvalue weighted by atomic mass is 9.84. The van der Waals surface area contributed by atoms with Crippen LogP contribution in [0.2, 0.25) is 0 Å². The van der Waals surface area contributed by atoms with Gasteiger partial charge in [-0.3, -0.25) is 10.2 Å². The van der Waals surface area contributed by atoms with E-state index in [0.29, 0.717) is 36.9 Å². The first kappa shape index (κ1) is 23.7. The second-order valence-corrected chi connectivity index (χ2v) is 9.20. The van der Waals surface area contributed by atoms with Gasteiger partial charge in [0.05, 0.1) is 32.6 Å². The van der Waals surface area contributed by atoms with Crippen molar-refractivity contribution < 1.29 is 19.0 Å². The normalized spacial score (nSPS) is 14.4. The molecule has 1 fully saturated rings. The summed E-state index contributed by atoms with van der Waals surface area (Å²) in [7, 11) is 1.67. The molecule has 0 unspecified atom stereocenters. The number of hydrogen-bond donors (Lipinski definition) is 1. The highest BCUT2D eigenvalue weighted by atomic mass is 16.5. The van der Waals surface area contributed by atoms with Crippen LogP contribution in [0.25, 0.3) is 5.65 Å². The van der Waals surface area contributed by atoms with Gasteiger partial charge in [-0.1, -0.05) is 20.8 Å². The predicted molar refractivity (Wildman–Crippen MR) is 127 cm³/mol. The number of carbonyl (C=O) groups excluding carboxylic acids is 1. The van der Waals surface area contributed by atoms with Gasteiger partial charge in [0, 0.05) is 30.3 Å². The molecule has 1 aliphatic heterocycles. The van der Waals surface area contributed by atoms with Gasteiger partial charge < -0.3 is 19.1 Å². The zero-order valence-electron chi connectivity index (χ0n) is 20.4. The minimum Gasteiger partial charge on any atom is -0.494 e. The van der Waals surface area contributed by atoms with E-state index < -0.39 is 0 Å². The summed E-state index contributed by atoms with van der Waals surface area (Å²) in [5.41, 5.74) is 2.63. The van der Waals surface area contributed by atoms with Gasteiger partial charge in [-0.05, 0) is 30.5 Å². The van der Waals surface area contributed by atoms with Crippen molar-refractivity contribution in [3.63, 3.8) is 0 Å². The number of morpholine rings is 1. The number of nitrogens with zero attached hydrogens (tertiary/aromatic N) is 5. The van der Waals surface area contributed by atoms with E-state index in [4.69, 9.17) is 19.6 Å². The number of anilines is 1. The van der Waals surface area contributed by atoms with Gasteiger partial charge >= 0.3 is 0 Å². The molecule has 0 bridgehead atoms. The van der Waals surface area contributed by atoms with Crippen molar-refractivity contribution in [3.8, 4) is 11.6 Å². The smallest absolute Gasteiger partial charge is 0.242 e. The summed E-state index contributed by atoms with van der Waals surface area (Å²) in [4.78, 5) is 15.6. The molecule has 182 valence electrons. The van der Waals surface area contributed by atoms with Gasteiger partial charge in [0.25, 0.3) is 0 Å². The third-order valence-electron chi connectivity index (χ3n) is 5.80. The number of rotatable bonds is 7. The number of ketones is 1. The Labute approximate surface area is 198 Å². The van der Waals surface area contributed by atoms with Crippen LogP contribution in [0.5, 0.6) is 11.6 Å². The highest BCUT2D eigenvalue weighted by Crippen LogP contribution is 2.40. The van der Waals surface area contributed by atoms with Crippen molar-refractivity contribution in [2.45, 2.75) is 39.7 Å². The Balaban J connectivity index is 1.73. The van der Waals surface area contributed by atoms with Crippen LogP contribution in [0.15, 0.2) is 24.3 Å². The Kier molecular flexibility index (Phi) is 6.60. The van der Waals surface area contributed by atoms with Crippen molar-refractivity contribution in [3.05, 3.63) is 41.0 Å². The number of hydrogen-bond acceptors (Lipinski definition) is 8. The van der Waals surface area contributed by atoms with Gasteiger partial charge in [-0.15, -0.1) is 10.2 Å². The van der Waals surface area contributed by atoms with Gasteiger partial charge in [0.2, 0.25) is 11.5 Å². The average Bonchev–Trinajstić information content (AvgIpc) is 3.13. The van der Waals surface area contributed by atoms with Gasteiger partial charge in [0.15, 0.2) is 11.4 Å². The van der Waals surface area contributed by atoms with Crippen LogP contribution < -0.4 is 20.0 Å². The van der Waals surface area contributed by atoms with Crippen molar-refractivity contribution in [1.82, 2.24) is 19.4 Å². The standard InChI is InChI=1S/C24H32N6O4/c1-6-34-21-8-7-20-26-29(23(25)30(20)27-21)15-19(31)16-13-17(24(2,3)4)22(32-5)18(14-16)28-9-11-33-12-10-28/h7-8,13-14,25H,6,9-12,15H2,1-5H3. The van der Waals surface area contributed by atoms with E-state index in [0.717, 1.165) is 30.1 Å². The minimum atomic E-state index is -0.237. The third kappa shape index (κ3) is 4.63. The maximum atomic E-state index is 13.4. The quantitative estimate of drug-likeness (QED) is 0.531. The van der Waals surface area contributed by atoms with Crippen LogP contribution in [0.1, 0.15) is 43.6 Å². The molecule has 3 aromatic rings. The van der Waals surface area contributed by atoms with Crippen molar-refractivity contribution >= 4 is 17.1 Å². The van der Waals surface area contributed by atoms with Crippen LogP contribution in [-0.4, -0.2) is 65.2 Å². The zero-order chi connectivity index (χ0) is 24.5. The van der Waals surface area contributed by atoms with Crippen LogP contribution in [0, 0.1) is 5.41 Å². The molecule has 0 radical (unpaired) electrons. The number of fused-ring (bicyclic) bond motifs is 1. The fourth-order valence-electron chi connectivity index (χ4n) is 4.06. The van der Waals surface area contributed by atoms with E-state index in [1.54, 1.807) is 19.2 Å². The second kappa shape index (κ2) is 9.46. The molecule has 10 nitrogen and oxygen atoms in total. The van der Waals surface area contributed by atoms with Gasteiger partial charge in [0.1, 0.15) is 12.3 Å². The zero-order valence-corrected chi connectivity index (χ0v) is 20.4. The van der Waals surface area contributed by atoms with Crippen molar-refractivity contribution in [1.29, 1.82) is 5.41 Å². The Hall–Kier alpha value is -3.40. The van der Waals surface area contributed by atoms with E-state index in [9.17, 15) is 4.79 Å². The molecule has 0 atom stereocenters. The lowest BCUT2D eigenvalue weighted by molar-refractivity contribution is 0.0965. The Morgan fingerprint density at radius 1 is 1.18 bits per heavy atom. The number of ether oxygens (including phenoxy) is 3. The van der Waals surface area contributed by atoms with Gasteiger partial charge in [-0.2, -0.15) is 4.52 Å². The Morgan fingerprint density at radius 2 is 1.91 bits per heavy atom. The highest BCUT2D eigenvalue weighted by Gasteiger charge is 2.27. The van der Waals surface area contributed by atoms with Crippen molar-refractivity contribution in [2.75, 3.05) is 44.9 Å². The first-order valence-electron chi connectivity index (χ1n) is 11.5. The highest BCUT2D eigenvalue weighted by molar-refractivity contribution is 5.97. The summed E-state index contributed by atoms with van der Waals surface area (Å²) >= 11 is 0. The SMILES string of the molecule is CCOc1ccc2nn(CC(=O)c3cc(N4CCOCC4)c(OC)c(C(C)(C)C)c3)c(=N)n2n1. The van der Waals surface area contributed by atoms with E-state index in [1.807, 2.05) is 19.1 Å².